The molecule has 0 bridgehead atoms. The van der Waals surface area contributed by atoms with Crippen LogP contribution in [0, 0.1) is 5.41 Å². The number of carbonyl (C=O) groups excluding carboxylic acids is 3. The Balaban J connectivity index is 0.808. The SMILES string of the molecule is CC12CC(c3ccc(NCCCCOc4ccc([C@@H]5c6ccc(O)cc6CC[C@@H]5c5ccccc5)cc4)cc3)=CC=C1C(=O)N([C@H]1CCC(=O)NC1=O)C2. The van der Waals surface area contributed by atoms with Crippen LogP contribution in [-0.4, -0.2) is 53.5 Å². The summed E-state index contributed by atoms with van der Waals surface area (Å²) in [5.74, 6) is 1.03. The number of aromatic hydroxyl groups is 1. The van der Waals surface area contributed by atoms with Gasteiger partial charge in [0.2, 0.25) is 11.8 Å². The van der Waals surface area contributed by atoms with Crippen LogP contribution in [0.5, 0.6) is 11.5 Å². The molecule has 0 radical (unpaired) electrons. The number of ether oxygens (including phenoxy) is 1. The van der Waals surface area contributed by atoms with E-state index in [9.17, 15) is 19.5 Å². The minimum absolute atomic E-state index is 0.105. The topological polar surface area (TPSA) is 108 Å². The van der Waals surface area contributed by atoms with Crippen molar-refractivity contribution < 1.29 is 24.2 Å². The lowest BCUT2D eigenvalue weighted by Gasteiger charge is -2.34. The summed E-state index contributed by atoms with van der Waals surface area (Å²) in [6, 6.07) is 33.0. The third-order valence-electron chi connectivity index (χ3n) is 11.8. The zero-order valence-corrected chi connectivity index (χ0v) is 30.7. The van der Waals surface area contributed by atoms with Crippen molar-refractivity contribution in [2.24, 2.45) is 5.41 Å². The Hall–Kier alpha value is -5.63. The van der Waals surface area contributed by atoms with Gasteiger partial charge in [0.25, 0.3) is 5.91 Å². The first kappa shape index (κ1) is 35.4. The first-order chi connectivity index (χ1) is 26.3. The van der Waals surface area contributed by atoms with Crippen LogP contribution < -0.4 is 15.4 Å². The summed E-state index contributed by atoms with van der Waals surface area (Å²) in [7, 11) is 0. The molecule has 4 aromatic rings. The lowest BCUT2D eigenvalue weighted by atomic mass is 9.69. The maximum atomic E-state index is 13.3. The maximum absolute atomic E-state index is 13.3. The van der Waals surface area contributed by atoms with Crippen LogP contribution in [0.4, 0.5) is 5.69 Å². The number of nitrogens with one attached hydrogen (secondary N) is 2. The largest absolute Gasteiger partial charge is 0.508 e. The highest BCUT2D eigenvalue weighted by atomic mass is 16.5. The number of phenols is 1. The number of anilines is 1. The normalized spacial score (nSPS) is 23.5. The number of allylic oxidation sites excluding steroid dienone is 3. The molecule has 2 heterocycles. The van der Waals surface area contributed by atoms with E-state index < -0.39 is 6.04 Å². The molecule has 8 nitrogen and oxygen atoms in total. The van der Waals surface area contributed by atoms with Gasteiger partial charge in [-0.15, -0.1) is 0 Å². The van der Waals surface area contributed by atoms with Crippen molar-refractivity contribution in [3.8, 4) is 11.5 Å². The summed E-state index contributed by atoms with van der Waals surface area (Å²) in [4.78, 5) is 39.1. The number of unbranched alkanes of at least 4 members (excludes halogenated alkanes) is 1. The fourth-order valence-electron chi connectivity index (χ4n) is 8.96. The van der Waals surface area contributed by atoms with Crippen LogP contribution in [0.3, 0.4) is 0 Å². The monoisotopic (exact) mass is 721 g/mol. The summed E-state index contributed by atoms with van der Waals surface area (Å²) >= 11 is 0. The second-order valence-electron chi connectivity index (χ2n) is 15.5. The van der Waals surface area contributed by atoms with Gasteiger partial charge in [0.05, 0.1) is 6.61 Å². The molecule has 8 heteroatoms. The maximum Gasteiger partial charge on any atom is 0.251 e. The fourth-order valence-corrected chi connectivity index (χ4v) is 8.96. The molecule has 2 aliphatic carbocycles. The van der Waals surface area contributed by atoms with E-state index in [1.807, 2.05) is 24.3 Å². The summed E-state index contributed by atoms with van der Waals surface area (Å²) in [6.45, 7) is 4.04. The molecule has 2 saturated heterocycles. The zero-order chi connectivity index (χ0) is 37.2. The highest BCUT2D eigenvalue weighted by Crippen LogP contribution is 2.48. The Morgan fingerprint density at radius 1 is 0.870 bits per heavy atom. The van der Waals surface area contributed by atoms with Gasteiger partial charge in [-0.1, -0.05) is 79.7 Å². The average Bonchev–Trinajstić information content (AvgIpc) is 3.45. The zero-order valence-electron chi connectivity index (χ0n) is 30.7. The number of hydrogen-bond acceptors (Lipinski definition) is 6. The molecule has 3 N–H and O–H groups in total. The van der Waals surface area contributed by atoms with E-state index >= 15 is 0 Å². The standard InChI is InChI=1S/C46H47N3O5/c1-46-28-34(14-22-40(46)45(53)49(29-46)41-23-24-42(51)48-44(41)52)30-9-15-35(16-10-30)47-25-5-6-26-54-37-18-11-32(12-19-37)43-38(31-7-3-2-4-8-31)20-13-33-27-36(50)17-21-39(33)43/h2-4,7-12,14-19,21-22,27,38,41,43,47,50H,5-6,13,20,23-26,28-29H2,1H3,(H,48,51,52)/t38-,41+,43+,46?/m1/s1. The second-order valence-corrected chi connectivity index (χ2v) is 15.5. The Morgan fingerprint density at radius 3 is 2.44 bits per heavy atom. The van der Waals surface area contributed by atoms with Crippen molar-refractivity contribution in [1.29, 1.82) is 0 Å². The van der Waals surface area contributed by atoms with Crippen molar-refractivity contribution in [1.82, 2.24) is 10.2 Å². The van der Waals surface area contributed by atoms with Gasteiger partial charge in [0, 0.05) is 42.1 Å². The Bertz CT molecular complexity index is 2110. The number of likely N-dealkylation sites (tertiary alicyclic amines) is 1. The van der Waals surface area contributed by atoms with Gasteiger partial charge in [-0.05, 0) is 114 Å². The van der Waals surface area contributed by atoms with E-state index in [2.05, 4.69) is 102 Å². The van der Waals surface area contributed by atoms with Gasteiger partial charge in [0.1, 0.15) is 17.5 Å². The number of aryl methyl sites for hydroxylation is 1. The third kappa shape index (κ3) is 7.17. The highest BCUT2D eigenvalue weighted by molar-refractivity contribution is 6.05. The van der Waals surface area contributed by atoms with Crippen LogP contribution in [0.2, 0.25) is 0 Å². The van der Waals surface area contributed by atoms with Crippen LogP contribution in [-0.2, 0) is 20.8 Å². The van der Waals surface area contributed by atoms with Crippen LogP contribution in [0.25, 0.3) is 5.57 Å². The van der Waals surface area contributed by atoms with E-state index in [1.54, 1.807) is 4.90 Å². The number of amides is 3. The molecule has 0 spiro atoms. The molecule has 4 aliphatic rings. The van der Waals surface area contributed by atoms with E-state index in [0.29, 0.717) is 37.7 Å². The van der Waals surface area contributed by atoms with Crippen molar-refractivity contribution in [2.45, 2.75) is 69.7 Å². The number of fused-ring (bicyclic) bond motifs is 2. The van der Waals surface area contributed by atoms with Gasteiger partial charge in [-0.25, -0.2) is 0 Å². The van der Waals surface area contributed by atoms with Crippen LogP contribution in [0.15, 0.2) is 115 Å². The van der Waals surface area contributed by atoms with Gasteiger partial charge < -0.3 is 20.1 Å². The molecular formula is C46H47N3O5. The lowest BCUT2D eigenvalue weighted by molar-refractivity contribution is -0.142. The predicted octanol–water partition coefficient (Wildman–Crippen LogP) is 7.89. The summed E-state index contributed by atoms with van der Waals surface area (Å²) in [6.07, 6.45) is 9.17. The highest BCUT2D eigenvalue weighted by Gasteiger charge is 2.50. The number of piperidine rings is 1. The molecule has 2 fully saturated rings. The lowest BCUT2D eigenvalue weighted by Crippen LogP contribution is -2.53. The van der Waals surface area contributed by atoms with Gasteiger partial charge in [0.15, 0.2) is 0 Å². The molecule has 0 saturated carbocycles. The number of phenolic OH excluding ortho intramolecular Hbond substituents is 1. The molecule has 2 aliphatic heterocycles. The minimum Gasteiger partial charge on any atom is -0.508 e. The van der Waals surface area contributed by atoms with E-state index in [1.165, 1.54) is 22.3 Å². The Labute approximate surface area is 316 Å². The van der Waals surface area contributed by atoms with Crippen LogP contribution >= 0.6 is 0 Å². The van der Waals surface area contributed by atoms with Crippen molar-refractivity contribution in [2.75, 3.05) is 25.0 Å². The molecule has 4 aromatic carbocycles. The number of benzene rings is 4. The summed E-state index contributed by atoms with van der Waals surface area (Å²) < 4.78 is 6.15. The summed E-state index contributed by atoms with van der Waals surface area (Å²) in [5.41, 5.74) is 8.82. The Morgan fingerprint density at radius 2 is 1.67 bits per heavy atom. The second kappa shape index (κ2) is 15.0. The quantitative estimate of drug-likeness (QED) is 0.107. The first-order valence-corrected chi connectivity index (χ1v) is 19.3. The van der Waals surface area contributed by atoms with E-state index in [0.717, 1.165) is 60.4 Å². The molecule has 1 unspecified atom stereocenters. The van der Waals surface area contributed by atoms with Crippen molar-refractivity contribution in [3.05, 3.63) is 143 Å². The number of hydrogen-bond donors (Lipinski definition) is 3. The predicted molar refractivity (Wildman–Crippen MR) is 210 cm³/mol. The molecule has 8 rings (SSSR count). The van der Waals surface area contributed by atoms with Gasteiger partial charge >= 0.3 is 0 Å². The van der Waals surface area contributed by atoms with Crippen molar-refractivity contribution in [3.63, 3.8) is 0 Å². The summed E-state index contributed by atoms with van der Waals surface area (Å²) in [5, 5.41) is 16.1. The van der Waals surface area contributed by atoms with Gasteiger partial charge in [-0.2, -0.15) is 0 Å². The smallest absolute Gasteiger partial charge is 0.251 e. The average molecular weight is 722 g/mol. The molecule has 0 aromatic heterocycles. The minimum atomic E-state index is -0.595. The van der Waals surface area contributed by atoms with E-state index in [-0.39, 0.29) is 35.5 Å². The molecule has 276 valence electrons. The molecule has 3 amide bonds. The third-order valence-corrected chi connectivity index (χ3v) is 11.8. The number of imide groups is 1. The van der Waals surface area contributed by atoms with Crippen molar-refractivity contribution >= 4 is 29.0 Å². The molecular weight excluding hydrogens is 675 g/mol. The van der Waals surface area contributed by atoms with E-state index in [4.69, 9.17) is 4.74 Å². The van der Waals surface area contributed by atoms with Gasteiger partial charge in [-0.3, -0.25) is 19.7 Å². The number of rotatable bonds is 11. The fraction of sp³-hybridized carbons (Fsp3) is 0.326. The number of nitrogens with zero attached hydrogens (tertiary/aromatic N) is 1. The molecule has 54 heavy (non-hydrogen) atoms. The first-order valence-electron chi connectivity index (χ1n) is 19.3. The Kier molecular flexibility index (Phi) is 9.84. The van der Waals surface area contributed by atoms with Crippen LogP contribution in [0.1, 0.15) is 85.1 Å². The molecule has 4 atom stereocenters. The number of carbonyl (C=O) groups is 3.